The van der Waals surface area contributed by atoms with Gasteiger partial charge in [-0.3, -0.25) is 0 Å². The Morgan fingerprint density at radius 1 is 1.33 bits per heavy atom. The van der Waals surface area contributed by atoms with Crippen molar-refractivity contribution in [2.45, 2.75) is 63.8 Å². The summed E-state index contributed by atoms with van der Waals surface area (Å²) in [5, 5.41) is 12.3. The summed E-state index contributed by atoms with van der Waals surface area (Å²) < 4.78 is 0. The fourth-order valence-electron chi connectivity index (χ4n) is 3.23. The van der Waals surface area contributed by atoms with Gasteiger partial charge in [0.25, 0.3) is 0 Å². The molecule has 21 heavy (non-hydrogen) atoms. The van der Waals surface area contributed by atoms with Gasteiger partial charge in [0.1, 0.15) is 5.54 Å². The van der Waals surface area contributed by atoms with Crippen molar-refractivity contribution in [1.82, 2.24) is 10.2 Å². The van der Waals surface area contributed by atoms with Crippen LogP contribution in [0, 0.1) is 0 Å². The van der Waals surface area contributed by atoms with Gasteiger partial charge >= 0.3 is 12.0 Å². The molecule has 118 valence electrons. The normalized spacial score (nSPS) is 26.1. The topological polar surface area (TPSA) is 69.6 Å². The Kier molecular flexibility index (Phi) is 5.26. The number of amides is 2. The molecule has 1 unspecified atom stereocenters. The third-order valence-corrected chi connectivity index (χ3v) is 4.70. The number of carbonyl (C=O) groups is 2. The molecule has 5 heteroatoms. The molecule has 2 N–H and O–H groups in total. The minimum absolute atomic E-state index is 0.240. The number of hydrogen-bond acceptors (Lipinski definition) is 2. The first-order valence-corrected chi connectivity index (χ1v) is 8.01. The second kappa shape index (κ2) is 6.96. The SMILES string of the molecule is CC1(C(=O)O)CCCCN1C(=O)NCCC1=CCCCC1. The zero-order valence-corrected chi connectivity index (χ0v) is 12.9. The minimum Gasteiger partial charge on any atom is -0.480 e. The summed E-state index contributed by atoms with van der Waals surface area (Å²) in [4.78, 5) is 25.3. The number of rotatable bonds is 4. The van der Waals surface area contributed by atoms with Gasteiger partial charge in [0.05, 0.1) is 0 Å². The van der Waals surface area contributed by atoms with Crippen LogP contribution in [0.15, 0.2) is 11.6 Å². The van der Waals surface area contributed by atoms with E-state index in [1.165, 1.54) is 23.3 Å². The number of piperidine rings is 1. The largest absolute Gasteiger partial charge is 0.480 e. The number of nitrogens with zero attached hydrogens (tertiary/aromatic N) is 1. The van der Waals surface area contributed by atoms with Crippen molar-refractivity contribution in [3.8, 4) is 0 Å². The molecule has 2 rings (SSSR count). The quantitative estimate of drug-likeness (QED) is 0.783. The highest BCUT2D eigenvalue weighted by atomic mass is 16.4. The molecule has 0 spiro atoms. The van der Waals surface area contributed by atoms with Gasteiger partial charge in [-0.1, -0.05) is 11.6 Å². The average molecular weight is 294 g/mol. The van der Waals surface area contributed by atoms with Gasteiger partial charge in [0.2, 0.25) is 0 Å². The fourth-order valence-corrected chi connectivity index (χ4v) is 3.23. The van der Waals surface area contributed by atoms with Crippen molar-refractivity contribution >= 4 is 12.0 Å². The summed E-state index contributed by atoms with van der Waals surface area (Å²) in [6.45, 7) is 2.77. The molecule has 1 atom stereocenters. The number of aliphatic carboxylic acids is 1. The number of urea groups is 1. The molecule has 1 fully saturated rings. The maximum atomic E-state index is 12.3. The zero-order valence-electron chi connectivity index (χ0n) is 12.9. The van der Waals surface area contributed by atoms with Crippen LogP contribution in [-0.4, -0.2) is 40.6 Å². The van der Waals surface area contributed by atoms with E-state index in [1.54, 1.807) is 6.92 Å². The molecule has 0 bridgehead atoms. The Bertz CT molecular complexity index is 433. The van der Waals surface area contributed by atoms with E-state index in [4.69, 9.17) is 0 Å². The summed E-state index contributed by atoms with van der Waals surface area (Å²) in [5.74, 6) is -0.910. The molecule has 0 radical (unpaired) electrons. The van der Waals surface area contributed by atoms with Gasteiger partial charge in [0.15, 0.2) is 0 Å². The lowest BCUT2D eigenvalue weighted by Gasteiger charge is -2.41. The van der Waals surface area contributed by atoms with Crippen LogP contribution in [0.2, 0.25) is 0 Å². The molecule has 0 aromatic rings. The number of nitrogens with one attached hydrogen (secondary N) is 1. The molecule has 2 aliphatic rings. The Balaban J connectivity index is 1.86. The maximum Gasteiger partial charge on any atom is 0.329 e. The van der Waals surface area contributed by atoms with Gasteiger partial charge in [-0.15, -0.1) is 0 Å². The minimum atomic E-state index is -1.06. The Morgan fingerprint density at radius 3 is 2.81 bits per heavy atom. The Labute approximate surface area is 126 Å². The maximum absolute atomic E-state index is 12.3. The van der Waals surface area contributed by atoms with Gasteiger partial charge in [-0.25, -0.2) is 9.59 Å². The molecule has 0 aromatic carbocycles. The molecule has 5 nitrogen and oxygen atoms in total. The third kappa shape index (κ3) is 3.77. The third-order valence-electron chi connectivity index (χ3n) is 4.70. The lowest BCUT2D eigenvalue weighted by molar-refractivity contribution is -0.150. The van der Waals surface area contributed by atoms with E-state index in [1.807, 2.05) is 0 Å². The van der Waals surface area contributed by atoms with Gasteiger partial charge in [-0.05, 0) is 58.3 Å². The lowest BCUT2D eigenvalue weighted by Crippen LogP contribution is -2.60. The standard InChI is InChI=1S/C16H26N2O3/c1-16(14(19)20)10-5-6-12-18(16)15(21)17-11-9-13-7-3-2-4-8-13/h7H,2-6,8-12H2,1H3,(H,17,21)(H,19,20). The Morgan fingerprint density at radius 2 is 2.14 bits per heavy atom. The number of hydrogen-bond donors (Lipinski definition) is 2. The van der Waals surface area contributed by atoms with Crippen LogP contribution < -0.4 is 5.32 Å². The Hall–Kier alpha value is -1.52. The van der Waals surface area contributed by atoms with Crippen LogP contribution in [0.3, 0.4) is 0 Å². The van der Waals surface area contributed by atoms with Crippen LogP contribution in [0.25, 0.3) is 0 Å². The van der Waals surface area contributed by atoms with E-state index < -0.39 is 11.5 Å². The summed E-state index contributed by atoms with van der Waals surface area (Å²) in [5.41, 5.74) is 0.355. The van der Waals surface area contributed by atoms with Crippen molar-refractivity contribution in [1.29, 1.82) is 0 Å². The van der Waals surface area contributed by atoms with Crippen LogP contribution in [0.5, 0.6) is 0 Å². The second-order valence-electron chi connectivity index (χ2n) is 6.28. The van der Waals surface area contributed by atoms with E-state index in [0.29, 0.717) is 19.5 Å². The van der Waals surface area contributed by atoms with Crippen molar-refractivity contribution < 1.29 is 14.7 Å². The number of carboxylic acid groups (broad SMARTS) is 1. The van der Waals surface area contributed by atoms with E-state index >= 15 is 0 Å². The second-order valence-corrected chi connectivity index (χ2v) is 6.28. The first-order valence-electron chi connectivity index (χ1n) is 8.01. The number of carboxylic acids is 1. The van der Waals surface area contributed by atoms with Crippen molar-refractivity contribution in [3.05, 3.63) is 11.6 Å². The van der Waals surface area contributed by atoms with E-state index in [9.17, 15) is 14.7 Å². The summed E-state index contributed by atoms with van der Waals surface area (Å²) >= 11 is 0. The molecule has 0 aromatic heterocycles. The van der Waals surface area contributed by atoms with Crippen molar-refractivity contribution in [2.24, 2.45) is 0 Å². The van der Waals surface area contributed by atoms with Crippen molar-refractivity contribution in [3.63, 3.8) is 0 Å². The predicted octanol–water partition coefficient (Wildman–Crippen LogP) is 2.92. The summed E-state index contributed by atoms with van der Waals surface area (Å²) in [6.07, 6.45) is 10.2. The van der Waals surface area contributed by atoms with Crippen LogP contribution >= 0.6 is 0 Å². The smallest absolute Gasteiger partial charge is 0.329 e. The zero-order chi connectivity index (χ0) is 15.3. The molecule has 1 heterocycles. The van der Waals surface area contributed by atoms with E-state index in [0.717, 1.165) is 32.1 Å². The first-order chi connectivity index (χ1) is 10.0. The highest BCUT2D eigenvalue weighted by molar-refractivity contribution is 5.86. The first kappa shape index (κ1) is 15.9. The van der Waals surface area contributed by atoms with Crippen LogP contribution in [0.4, 0.5) is 4.79 Å². The van der Waals surface area contributed by atoms with Gasteiger partial charge in [0, 0.05) is 13.1 Å². The van der Waals surface area contributed by atoms with Gasteiger partial charge in [-0.2, -0.15) is 0 Å². The van der Waals surface area contributed by atoms with Crippen molar-refractivity contribution in [2.75, 3.05) is 13.1 Å². The predicted molar refractivity (Wildman–Crippen MR) is 81.2 cm³/mol. The van der Waals surface area contributed by atoms with E-state index in [2.05, 4.69) is 11.4 Å². The fraction of sp³-hybridized carbons (Fsp3) is 0.750. The molecular weight excluding hydrogens is 268 g/mol. The van der Waals surface area contributed by atoms with Crippen LogP contribution in [0.1, 0.15) is 58.3 Å². The molecule has 0 saturated carbocycles. The monoisotopic (exact) mass is 294 g/mol. The van der Waals surface area contributed by atoms with E-state index in [-0.39, 0.29) is 6.03 Å². The summed E-state index contributed by atoms with van der Waals surface area (Å²) in [7, 11) is 0. The number of likely N-dealkylation sites (tertiary alicyclic amines) is 1. The highest BCUT2D eigenvalue weighted by Crippen LogP contribution is 2.28. The number of allylic oxidation sites excluding steroid dienone is 1. The van der Waals surface area contributed by atoms with Crippen LogP contribution in [-0.2, 0) is 4.79 Å². The number of carbonyl (C=O) groups excluding carboxylic acids is 1. The molecule has 1 aliphatic heterocycles. The molecular formula is C16H26N2O3. The lowest BCUT2D eigenvalue weighted by atomic mass is 9.89. The molecule has 1 saturated heterocycles. The molecule has 1 aliphatic carbocycles. The molecule has 2 amide bonds. The summed E-state index contributed by atoms with van der Waals surface area (Å²) in [6, 6.07) is -0.240. The highest BCUT2D eigenvalue weighted by Gasteiger charge is 2.43. The van der Waals surface area contributed by atoms with Gasteiger partial charge < -0.3 is 15.3 Å². The average Bonchev–Trinajstić information content (AvgIpc) is 2.48.